The zero-order valence-electron chi connectivity index (χ0n) is 11.0. The molecule has 0 saturated heterocycles. The van der Waals surface area contributed by atoms with Crippen LogP contribution in [-0.2, 0) is 14.2 Å². The third-order valence-electron chi connectivity index (χ3n) is 1.66. The van der Waals surface area contributed by atoms with Crippen molar-refractivity contribution in [3.63, 3.8) is 0 Å². The van der Waals surface area contributed by atoms with E-state index < -0.39 is 0 Å². The van der Waals surface area contributed by atoms with Gasteiger partial charge in [0.05, 0.1) is 26.4 Å². The first-order valence-electron chi connectivity index (χ1n) is 6.17. The maximum atomic E-state index is 8.24. The second-order valence-electron chi connectivity index (χ2n) is 3.08. The van der Waals surface area contributed by atoms with Crippen LogP contribution in [0.25, 0.3) is 0 Å². The molecular weight excluding hydrogens is 208 g/mol. The fraction of sp³-hybridized carbons (Fsp3) is 1.00. The van der Waals surface area contributed by atoms with Crippen LogP contribution in [-0.4, -0.2) is 51.4 Å². The van der Waals surface area contributed by atoms with Crippen LogP contribution in [0.5, 0.6) is 0 Å². The van der Waals surface area contributed by atoms with E-state index in [9.17, 15) is 0 Å². The number of ether oxygens (including phenoxy) is 3. The van der Waals surface area contributed by atoms with Gasteiger partial charge in [0, 0.05) is 19.8 Å². The second-order valence-corrected chi connectivity index (χ2v) is 3.08. The Hall–Kier alpha value is -0.160. The Balaban J connectivity index is 0. The number of unbranched alkanes of at least 4 members (excludes halogenated alkanes) is 1. The van der Waals surface area contributed by atoms with E-state index in [0.29, 0.717) is 6.61 Å². The summed E-state index contributed by atoms with van der Waals surface area (Å²) in [6, 6.07) is 0. The molecule has 0 bridgehead atoms. The quantitative estimate of drug-likeness (QED) is 0.588. The molecule has 0 aromatic heterocycles. The van der Waals surface area contributed by atoms with Gasteiger partial charge in [-0.3, -0.25) is 0 Å². The Morgan fingerprint density at radius 2 is 1.31 bits per heavy atom. The van der Waals surface area contributed by atoms with Gasteiger partial charge in [0.25, 0.3) is 0 Å². The number of hydrogen-bond acceptors (Lipinski definition) is 4. The van der Waals surface area contributed by atoms with E-state index in [4.69, 9.17) is 19.3 Å². The number of aliphatic hydroxyl groups excluding tert-OH is 1. The first kappa shape index (κ1) is 18.2. The van der Waals surface area contributed by atoms with E-state index in [1.54, 1.807) is 0 Å². The minimum atomic E-state index is 0.143. The summed E-state index contributed by atoms with van der Waals surface area (Å²) < 4.78 is 15.0. The second kappa shape index (κ2) is 20.3. The zero-order valence-corrected chi connectivity index (χ0v) is 11.0. The number of rotatable bonds is 10. The van der Waals surface area contributed by atoms with Gasteiger partial charge in [0.1, 0.15) is 0 Å². The van der Waals surface area contributed by atoms with Crippen molar-refractivity contribution in [3.05, 3.63) is 0 Å². The molecule has 0 aliphatic carbocycles. The largest absolute Gasteiger partial charge is 0.394 e. The molecule has 0 atom stereocenters. The van der Waals surface area contributed by atoms with Crippen LogP contribution in [0, 0.1) is 0 Å². The van der Waals surface area contributed by atoms with Crippen LogP contribution < -0.4 is 0 Å². The van der Waals surface area contributed by atoms with Crippen LogP contribution in [0.1, 0.15) is 33.6 Å². The van der Waals surface area contributed by atoms with E-state index in [1.807, 2.05) is 13.8 Å². The van der Waals surface area contributed by atoms with Crippen molar-refractivity contribution in [1.29, 1.82) is 0 Å². The molecule has 0 amide bonds. The summed E-state index contributed by atoms with van der Waals surface area (Å²) in [4.78, 5) is 0. The molecule has 0 aromatic rings. The monoisotopic (exact) mass is 236 g/mol. The van der Waals surface area contributed by atoms with Crippen molar-refractivity contribution in [1.82, 2.24) is 0 Å². The highest BCUT2D eigenvalue weighted by Crippen LogP contribution is 1.85. The highest BCUT2D eigenvalue weighted by atomic mass is 16.5. The van der Waals surface area contributed by atoms with Gasteiger partial charge in [0.2, 0.25) is 0 Å². The van der Waals surface area contributed by atoms with Gasteiger partial charge in [-0.15, -0.1) is 0 Å². The predicted molar refractivity (Wildman–Crippen MR) is 65.8 cm³/mol. The third-order valence-corrected chi connectivity index (χ3v) is 1.66. The van der Waals surface area contributed by atoms with Crippen molar-refractivity contribution >= 4 is 0 Å². The standard InChI is InChI=1S/2C6H14O2/c1-3-7-5-6-8-4-2;1-2-3-5-8-6-4-7/h3-6H2,1-2H3;7H,2-6H2,1H3. The number of aliphatic hydroxyl groups is 1. The molecule has 4 nitrogen and oxygen atoms in total. The Bertz CT molecular complexity index is 75.0. The van der Waals surface area contributed by atoms with E-state index >= 15 is 0 Å². The highest BCUT2D eigenvalue weighted by Gasteiger charge is 1.82. The van der Waals surface area contributed by atoms with Crippen LogP contribution in [0.4, 0.5) is 0 Å². The topological polar surface area (TPSA) is 47.9 Å². The Morgan fingerprint density at radius 3 is 1.69 bits per heavy atom. The van der Waals surface area contributed by atoms with Gasteiger partial charge < -0.3 is 19.3 Å². The molecule has 16 heavy (non-hydrogen) atoms. The average Bonchev–Trinajstić information content (AvgIpc) is 2.31. The van der Waals surface area contributed by atoms with Crippen molar-refractivity contribution in [2.24, 2.45) is 0 Å². The summed E-state index contributed by atoms with van der Waals surface area (Å²) in [6.07, 6.45) is 2.26. The van der Waals surface area contributed by atoms with Gasteiger partial charge in [-0.2, -0.15) is 0 Å². The van der Waals surface area contributed by atoms with Crippen molar-refractivity contribution in [2.75, 3.05) is 46.2 Å². The Kier molecular flexibility index (Phi) is 23.1. The molecule has 0 spiro atoms. The van der Waals surface area contributed by atoms with Gasteiger partial charge in [-0.05, 0) is 20.3 Å². The summed E-state index contributed by atoms with van der Waals surface area (Å²) in [5.41, 5.74) is 0. The van der Waals surface area contributed by atoms with Gasteiger partial charge in [-0.1, -0.05) is 13.3 Å². The lowest BCUT2D eigenvalue weighted by molar-refractivity contribution is 0.0584. The lowest BCUT2D eigenvalue weighted by atomic mass is 10.4. The van der Waals surface area contributed by atoms with Crippen molar-refractivity contribution < 1.29 is 19.3 Å². The van der Waals surface area contributed by atoms with Crippen LogP contribution in [0.3, 0.4) is 0 Å². The van der Waals surface area contributed by atoms with Crippen molar-refractivity contribution in [2.45, 2.75) is 33.6 Å². The fourth-order valence-electron chi connectivity index (χ4n) is 0.820. The normalized spacial score (nSPS) is 9.75. The minimum Gasteiger partial charge on any atom is -0.394 e. The Labute approximate surface area is 99.9 Å². The summed E-state index contributed by atoms with van der Waals surface area (Å²) in [6.45, 7) is 10.5. The maximum Gasteiger partial charge on any atom is 0.0700 e. The van der Waals surface area contributed by atoms with E-state index in [2.05, 4.69) is 6.92 Å². The maximum absolute atomic E-state index is 8.24. The SMILES string of the molecule is CCCCOCCO.CCOCCOCC. The third kappa shape index (κ3) is 23.6. The van der Waals surface area contributed by atoms with E-state index in [1.165, 1.54) is 0 Å². The molecule has 0 aromatic carbocycles. The molecule has 0 aliphatic heterocycles. The molecule has 0 radical (unpaired) electrons. The first-order chi connectivity index (χ1) is 7.83. The lowest BCUT2D eigenvalue weighted by Crippen LogP contribution is -2.02. The average molecular weight is 236 g/mol. The smallest absolute Gasteiger partial charge is 0.0700 e. The molecular formula is C12H28O4. The van der Waals surface area contributed by atoms with E-state index in [-0.39, 0.29) is 6.61 Å². The molecule has 0 heterocycles. The zero-order chi connectivity index (χ0) is 12.5. The van der Waals surface area contributed by atoms with Crippen LogP contribution in [0.15, 0.2) is 0 Å². The van der Waals surface area contributed by atoms with Crippen LogP contribution >= 0.6 is 0 Å². The molecule has 0 saturated carbocycles. The predicted octanol–water partition coefficient (Wildman–Crippen LogP) is 1.85. The summed E-state index contributed by atoms with van der Waals surface area (Å²) >= 11 is 0. The van der Waals surface area contributed by atoms with Crippen molar-refractivity contribution in [3.8, 4) is 0 Å². The van der Waals surface area contributed by atoms with Crippen LogP contribution in [0.2, 0.25) is 0 Å². The molecule has 0 aliphatic rings. The number of hydrogen-bond donors (Lipinski definition) is 1. The first-order valence-corrected chi connectivity index (χ1v) is 6.17. The van der Waals surface area contributed by atoms with Gasteiger partial charge >= 0.3 is 0 Å². The Morgan fingerprint density at radius 1 is 0.750 bits per heavy atom. The highest BCUT2D eigenvalue weighted by molar-refractivity contribution is 4.30. The molecule has 0 fully saturated rings. The lowest BCUT2D eigenvalue weighted by Gasteiger charge is -1.99. The van der Waals surface area contributed by atoms with Gasteiger partial charge in [-0.25, -0.2) is 0 Å². The molecule has 0 unspecified atom stereocenters. The molecule has 0 rings (SSSR count). The molecule has 4 heteroatoms. The summed E-state index contributed by atoms with van der Waals surface area (Å²) in [5, 5.41) is 8.24. The fourth-order valence-corrected chi connectivity index (χ4v) is 0.820. The molecule has 100 valence electrons. The summed E-state index contributed by atoms with van der Waals surface area (Å²) in [7, 11) is 0. The minimum absolute atomic E-state index is 0.143. The summed E-state index contributed by atoms with van der Waals surface area (Å²) in [5.74, 6) is 0. The van der Waals surface area contributed by atoms with Gasteiger partial charge in [0.15, 0.2) is 0 Å². The van der Waals surface area contributed by atoms with E-state index in [0.717, 1.165) is 45.9 Å². The molecule has 1 N–H and O–H groups in total.